The average Bonchev–Trinajstić information content (AvgIpc) is 3.03. The van der Waals surface area contributed by atoms with Crippen molar-refractivity contribution in [2.45, 2.75) is 32.7 Å². The number of Topliss-reactive ketones (excluding diaryl/α,β-unsaturated/α-hetero) is 1. The molecule has 2 aromatic heterocycles. The van der Waals surface area contributed by atoms with Crippen molar-refractivity contribution >= 4 is 28.8 Å². The molecular formula is C21H23N5OS. The predicted molar refractivity (Wildman–Crippen MR) is 112 cm³/mol. The predicted octanol–water partition coefficient (Wildman–Crippen LogP) is 3.64. The summed E-state index contributed by atoms with van der Waals surface area (Å²) in [5, 5.41) is 4.39. The van der Waals surface area contributed by atoms with Gasteiger partial charge in [-0.05, 0) is 57.1 Å². The Labute approximate surface area is 168 Å². The Bertz CT molecular complexity index is 1030. The number of nitrogens with zero attached hydrogens (tertiary/aromatic N) is 4. The van der Waals surface area contributed by atoms with Gasteiger partial charge in [-0.2, -0.15) is 0 Å². The van der Waals surface area contributed by atoms with E-state index in [1.807, 2.05) is 30.5 Å². The monoisotopic (exact) mass is 393 g/mol. The van der Waals surface area contributed by atoms with Crippen LogP contribution in [0, 0.1) is 0 Å². The van der Waals surface area contributed by atoms with Crippen LogP contribution in [0.3, 0.4) is 0 Å². The van der Waals surface area contributed by atoms with Crippen molar-refractivity contribution in [2.24, 2.45) is 0 Å². The first-order valence-corrected chi connectivity index (χ1v) is 10.1. The zero-order valence-corrected chi connectivity index (χ0v) is 17.1. The lowest BCUT2D eigenvalue weighted by Gasteiger charge is -2.15. The number of thiazole rings is 1. The first kappa shape index (κ1) is 18.7. The van der Waals surface area contributed by atoms with E-state index in [0.29, 0.717) is 12.4 Å². The number of anilines is 2. The van der Waals surface area contributed by atoms with E-state index >= 15 is 0 Å². The van der Waals surface area contributed by atoms with Gasteiger partial charge >= 0.3 is 0 Å². The number of aromatic nitrogens is 3. The number of carbonyl (C=O) groups is 1. The molecule has 144 valence electrons. The third kappa shape index (κ3) is 4.10. The molecule has 0 fully saturated rings. The molecule has 7 heteroatoms. The van der Waals surface area contributed by atoms with Crippen LogP contribution in [0.5, 0.6) is 0 Å². The molecule has 0 saturated heterocycles. The van der Waals surface area contributed by atoms with Gasteiger partial charge in [-0.15, -0.1) is 11.3 Å². The maximum Gasteiger partial charge on any atom is 0.227 e. The molecule has 0 atom stereocenters. The van der Waals surface area contributed by atoms with E-state index in [4.69, 9.17) is 9.97 Å². The van der Waals surface area contributed by atoms with Gasteiger partial charge in [-0.3, -0.25) is 4.79 Å². The van der Waals surface area contributed by atoms with Crippen molar-refractivity contribution in [1.29, 1.82) is 0 Å². The highest BCUT2D eigenvalue weighted by molar-refractivity contribution is 7.12. The Hall–Kier alpha value is -2.64. The molecule has 3 aromatic rings. The third-order valence-electron chi connectivity index (χ3n) is 4.54. The molecular weight excluding hydrogens is 370 g/mol. The summed E-state index contributed by atoms with van der Waals surface area (Å²) in [5.74, 6) is 0.695. The maximum absolute atomic E-state index is 11.4. The molecule has 1 aromatic carbocycles. The molecule has 1 aliphatic rings. The third-order valence-corrected chi connectivity index (χ3v) is 5.64. The Balaban J connectivity index is 1.61. The standard InChI is InChI=1S/C21H23N5OS/c1-13(27)9-14-5-4-6-16(10-14)23-21-22-11-15-7-8-17-20(19(15)25-21)24-18(28-17)12-26(2)3/h4-6,10-11H,7-9,12H2,1-3H3,(H,22,23,25). The van der Waals surface area contributed by atoms with Gasteiger partial charge in [0.25, 0.3) is 0 Å². The highest BCUT2D eigenvalue weighted by Gasteiger charge is 2.23. The Morgan fingerprint density at radius 3 is 2.86 bits per heavy atom. The largest absolute Gasteiger partial charge is 0.324 e. The fourth-order valence-electron chi connectivity index (χ4n) is 3.37. The fraction of sp³-hybridized carbons (Fsp3) is 0.333. The molecule has 0 bridgehead atoms. The normalized spacial score (nSPS) is 12.6. The summed E-state index contributed by atoms with van der Waals surface area (Å²) in [6.07, 6.45) is 4.27. The number of ketones is 1. The number of nitrogens with one attached hydrogen (secondary N) is 1. The smallest absolute Gasteiger partial charge is 0.227 e. The molecule has 0 amide bonds. The molecule has 28 heavy (non-hydrogen) atoms. The first-order valence-electron chi connectivity index (χ1n) is 9.33. The first-order chi connectivity index (χ1) is 13.5. The van der Waals surface area contributed by atoms with E-state index in [9.17, 15) is 4.79 Å². The summed E-state index contributed by atoms with van der Waals surface area (Å²) >= 11 is 1.78. The number of carbonyl (C=O) groups excluding carboxylic acids is 1. The second-order valence-corrected chi connectivity index (χ2v) is 8.56. The van der Waals surface area contributed by atoms with Crippen LogP contribution in [0.4, 0.5) is 11.6 Å². The van der Waals surface area contributed by atoms with Crippen molar-refractivity contribution in [2.75, 3.05) is 19.4 Å². The van der Waals surface area contributed by atoms with E-state index in [1.54, 1.807) is 18.3 Å². The fourth-order valence-corrected chi connectivity index (χ4v) is 4.56. The molecule has 1 aliphatic carbocycles. The zero-order chi connectivity index (χ0) is 19.7. The minimum atomic E-state index is 0.145. The Kier molecular flexibility index (Phi) is 5.19. The van der Waals surface area contributed by atoms with Crippen LogP contribution >= 0.6 is 11.3 Å². The summed E-state index contributed by atoms with van der Waals surface area (Å²) in [4.78, 5) is 28.9. The van der Waals surface area contributed by atoms with E-state index in [1.165, 1.54) is 4.88 Å². The van der Waals surface area contributed by atoms with Crippen LogP contribution in [-0.4, -0.2) is 39.7 Å². The SMILES string of the molecule is CC(=O)Cc1cccc(Nc2ncc3c(n2)-c2nc(CN(C)C)sc2CC3)c1. The van der Waals surface area contributed by atoms with E-state index in [-0.39, 0.29) is 5.78 Å². The van der Waals surface area contributed by atoms with Gasteiger partial charge in [0.05, 0.1) is 5.69 Å². The van der Waals surface area contributed by atoms with Gasteiger partial charge in [0.15, 0.2) is 0 Å². The number of benzene rings is 1. The van der Waals surface area contributed by atoms with E-state index < -0.39 is 0 Å². The highest BCUT2D eigenvalue weighted by Crippen LogP contribution is 2.35. The van der Waals surface area contributed by atoms with Crippen molar-refractivity contribution in [3.8, 4) is 11.4 Å². The van der Waals surface area contributed by atoms with Crippen molar-refractivity contribution in [3.05, 3.63) is 51.5 Å². The van der Waals surface area contributed by atoms with E-state index in [2.05, 4.69) is 29.3 Å². The van der Waals surface area contributed by atoms with Crippen LogP contribution in [0.25, 0.3) is 11.4 Å². The van der Waals surface area contributed by atoms with Crippen LogP contribution in [0.15, 0.2) is 30.5 Å². The number of fused-ring (bicyclic) bond motifs is 3. The average molecular weight is 394 g/mol. The van der Waals surface area contributed by atoms with Gasteiger partial charge in [-0.25, -0.2) is 15.0 Å². The zero-order valence-electron chi connectivity index (χ0n) is 16.3. The lowest BCUT2D eigenvalue weighted by molar-refractivity contribution is -0.116. The highest BCUT2D eigenvalue weighted by atomic mass is 32.1. The van der Waals surface area contributed by atoms with Crippen molar-refractivity contribution in [3.63, 3.8) is 0 Å². The number of rotatable bonds is 6. The molecule has 0 saturated carbocycles. The quantitative estimate of drug-likeness (QED) is 0.689. The van der Waals surface area contributed by atoms with Crippen LogP contribution < -0.4 is 5.32 Å². The van der Waals surface area contributed by atoms with Gasteiger partial charge in [-0.1, -0.05) is 12.1 Å². The summed E-state index contributed by atoms with van der Waals surface area (Å²) in [6, 6.07) is 7.81. The summed E-state index contributed by atoms with van der Waals surface area (Å²) in [6.45, 7) is 2.44. The molecule has 2 heterocycles. The lowest BCUT2D eigenvalue weighted by atomic mass is 10.00. The van der Waals surface area contributed by atoms with Crippen LogP contribution in [0.1, 0.15) is 27.9 Å². The molecule has 0 aliphatic heterocycles. The minimum Gasteiger partial charge on any atom is -0.324 e. The van der Waals surface area contributed by atoms with E-state index in [0.717, 1.165) is 52.6 Å². The van der Waals surface area contributed by atoms with Gasteiger partial charge in [0.2, 0.25) is 5.95 Å². The maximum atomic E-state index is 11.4. The van der Waals surface area contributed by atoms with Gasteiger partial charge < -0.3 is 10.2 Å². The summed E-state index contributed by atoms with van der Waals surface area (Å²) < 4.78 is 0. The number of hydrogen-bond donors (Lipinski definition) is 1. The molecule has 0 unspecified atom stereocenters. The van der Waals surface area contributed by atoms with Gasteiger partial charge in [0, 0.05) is 29.7 Å². The molecule has 0 spiro atoms. The van der Waals surface area contributed by atoms with Crippen LogP contribution in [-0.2, 0) is 30.6 Å². The molecule has 6 nitrogen and oxygen atoms in total. The lowest BCUT2D eigenvalue weighted by Crippen LogP contribution is -2.10. The number of aryl methyl sites for hydroxylation is 2. The number of hydrogen-bond acceptors (Lipinski definition) is 7. The summed E-state index contributed by atoms with van der Waals surface area (Å²) in [7, 11) is 4.11. The second kappa shape index (κ2) is 7.77. The van der Waals surface area contributed by atoms with Crippen molar-refractivity contribution < 1.29 is 4.79 Å². The minimum absolute atomic E-state index is 0.145. The molecule has 1 N–H and O–H groups in total. The Morgan fingerprint density at radius 1 is 1.21 bits per heavy atom. The summed E-state index contributed by atoms with van der Waals surface area (Å²) in [5.41, 5.74) is 4.93. The second-order valence-electron chi connectivity index (χ2n) is 7.39. The molecule has 4 rings (SSSR count). The molecule has 0 radical (unpaired) electrons. The Morgan fingerprint density at radius 2 is 2.07 bits per heavy atom. The van der Waals surface area contributed by atoms with Crippen molar-refractivity contribution in [1.82, 2.24) is 19.9 Å². The van der Waals surface area contributed by atoms with Gasteiger partial charge in [0.1, 0.15) is 16.5 Å². The van der Waals surface area contributed by atoms with Crippen LogP contribution in [0.2, 0.25) is 0 Å². The topological polar surface area (TPSA) is 71.0 Å².